The quantitative estimate of drug-likeness (QED) is 0.175. The summed E-state index contributed by atoms with van der Waals surface area (Å²) >= 11 is 0. The highest BCUT2D eigenvalue weighted by Crippen LogP contribution is 2.17. The maximum Gasteiger partial charge on any atom is 0.377 e. The lowest BCUT2D eigenvalue weighted by Gasteiger charge is -2.09. The number of ketones is 1. The molecule has 1 heterocycles. The van der Waals surface area contributed by atoms with Crippen LogP contribution in [0, 0.1) is 0 Å². The zero-order valence-electron chi connectivity index (χ0n) is 16.6. The predicted octanol–water partition coefficient (Wildman–Crippen LogP) is 5.27. The highest BCUT2D eigenvalue weighted by Gasteiger charge is 2.41. The van der Waals surface area contributed by atoms with Crippen molar-refractivity contribution in [1.29, 1.82) is 0 Å². The molecule has 1 fully saturated rings. The van der Waals surface area contributed by atoms with Gasteiger partial charge in [-0.15, -0.1) is 0 Å². The summed E-state index contributed by atoms with van der Waals surface area (Å²) in [5.74, 6) is -1.71. The lowest BCUT2D eigenvalue weighted by atomic mass is 10.0. The number of allylic oxidation sites excluding steroid dienone is 2. The van der Waals surface area contributed by atoms with Crippen LogP contribution < -0.4 is 0 Å². The largest absolute Gasteiger partial charge is 0.453 e. The van der Waals surface area contributed by atoms with Crippen LogP contribution >= 0.6 is 0 Å². The van der Waals surface area contributed by atoms with Crippen molar-refractivity contribution in [3.63, 3.8) is 0 Å². The molecule has 1 aliphatic rings. The number of rotatable bonds is 16. The van der Waals surface area contributed by atoms with Crippen molar-refractivity contribution in [2.45, 2.75) is 115 Å². The normalized spacial score (nSPS) is 20.2. The maximum atomic E-state index is 11.1. The summed E-state index contributed by atoms with van der Waals surface area (Å²) in [5, 5.41) is 9.53. The van der Waals surface area contributed by atoms with Crippen molar-refractivity contribution in [3.05, 3.63) is 12.2 Å². The van der Waals surface area contributed by atoms with Crippen LogP contribution in [0.1, 0.15) is 103 Å². The number of aliphatic hydroxyl groups excluding tert-OH is 1. The van der Waals surface area contributed by atoms with Crippen molar-refractivity contribution < 1.29 is 19.4 Å². The predicted molar refractivity (Wildman–Crippen MR) is 105 cm³/mol. The first-order valence-corrected chi connectivity index (χ1v) is 10.7. The van der Waals surface area contributed by atoms with E-state index < -0.39 is 24.0 Å². The van der Waals surface area contributed by atoms with Crippen molar-refractivity contribution in [3.8, 4) is 0 Å². The van der Waals surface area contributed by atoms with Gasteiger partial charge in [-0.05, 0) is 25.7 Å². The Balaban J connectivity index is 1.82. The van der Waals surface area contributed by atoms with Crippen LogP contribution in [0.5, 0.6) is 0 Å². The summed E-state index contributed by atoms with van der Waals surface area (Å²) in [7, 11) is 0. The molecule has 1 N–H and O–H groups in total. The lowest BCUT2D eigenvalue weighted by Crippen LogP contribution is -2.26. The molecule has 26 heavy (non-hydrogen) atoms. The van der Waals surface area contributed by atoms with Crippen LogP contribution in [0.4, 0.5) is 0 Å². The Kier molecular flexibility index (Phi) is 13.2. The maximum absolute atomic E-state index is 11.1. The van der Waals surface area contributed by atoms with E-state index in [4.69, 9.17) is 4.74 Å². The minimum Gasteiger partial charge on any atom is -0.453 e. The number of aliphatic hydroxyl groups is 1. The summed E-state index contributed by atoms with van der Waals surface area (Å²) < 4.78 is 4.84. The third-order valence-electron chi connectivity index (χ3n) is 5.09. The van der Waals surface area contributed by atoms with Gasteiger partial charge in [-0.25, -0.2) is 4.79 Å². The number of esters is 1. The van der Waals surface area contributed by atoms with Gasteiger partial charge in [0.1, 0.15) is 6.10 Å². The number of hydrogen-bond acceptors (Lipinski definition) is 4. The van der Waals surface area contributed by atoms with Crippen LogP contribution in [-0.4, -0.2) is 29.1 Å². The Bertz CT molecular complexity index is 416. The van der Waals surface area contributed by atoms with Gasteiger partial charge in [0, 0.05) is 0 Å². The standard InChI is InChI=1S/C22H38O4/c1-2-3-4-5-6-7-8-9-10-11-12-13-14-15-16-17-18-19-20(23)21(24)22(25)26-19/h15-16,19-20,23H,2-14,17-18H2,1H3/t19-,20?/m1/s1. The number of carbonyl (C=O) groups excluding carboxylic acids is 2. The van der Waals surface area contributed by atoms with E-state index in [0.717, 1.165) is 12.8 Å². The molecule has 4 heteroatoms. The van der Waals surface area contributed by atoms with Crippen molar-refractivity contribution >= 4 is 11.8 Å². The topological polar surface area (TPSA) is 63.6 Å². The number of unbranched alkanes of at least 4 members (excludes halogenated alkanes) is 12. The van der Waals surface area contributed by atoms with Crippen LogP contribution in [-0.2, 0) is 14.3 Å². The summed E-state index contributed by atoms with van der Waals surface area (Å²) in [6, 6.07) is 0. The van der Waals surface area contributed by atoms with E-state index in [2.05, 4.69) is 19.1 Å². The molecule has 0 aromatic heterocycles. The molecule has 0 radical (unpaired) electrons. The first-order chi connectivity index (χ1) is 12.7. The molecule has 0 aromatic carbocycles. The number of hydrogen-bond donors (Lipinski definition) is 1. The second-order valence-corrected chi connectivity index (χ2v) is 7.48. The van der Waals surface area contributed by atoms with Crippen LogP contribution in [0.2, 0.25) is 0 Å². The molecule has 2 atom stereocenters. The summed E-state index contributed by atoms with van der Waals surface area (Å²) in [6.07, 6.45) is 20.9. The Morgan fingerprint density at radius 1 is 0.808 bits per heavy atom. The molecule has 150 valence electrons. The Hall–Kier alpha value is -1.16. The molecular formula is C22H38O4. The minimum atomic E-state index is -1.27. The van der Waals surface area contributed by atoms with Gasteiger partial charge in [0.15, 0.2) is 6.10 Å². The SMILES string of the molecule is CCCCCCCCCCCCCCC=CCC[C@H]1OC(=O)C(=O)C1O. The van der Waals surface area contributed by atoms with Crippen molar-refractivity contribution in [1.82, 2.24) is 0 Å². The zero-order valence-corrected chi connectivity index (χ0v) is 16.6. The fraction of sp³-hybridized carbons (Fsp3) is 0.818. The molecule has 0 aromatic rings. The fourth-order valence-electron chi connectivity index (χ4n) is 3.37. The Morgan fingerprint density at radius 3 is 1.81 bits per heavy atom. The third-order valence-corrected chi connectivity index (χ3v) is 5.09. The zero-order chi connectivity index (χ0) is 19.0. The first-order valence-electron chi connectivity index (χ1n) is 10.7. The average Bonchev–Trinajstić information content (AvgIpc) is 2.88. The fourth-order valence-corrected chi connectivity index (χ4v) is 3.37. The number of ether oxygens (including phenoxy) is 1. The number of Topliss-reactive ketones (excluding diaryl/α,β-unsaturated/α-hetero) is 1. The van der Waals surface area contributed by atoms with E-state index in [1.165, 1.54) is 77.0 Å². The Labute approximate surface area is 159 Å². The van der Waals surface area contributed by atoms with E-state index in [9.17, 15) is 14.7 Å². The van der Waals surface area contributed by atoms with Gasteiger partial charge < -0.3 is 9.84 Å². The highest BCUT2D eigenvalue weighted by molar-refractivity contribution is 6.37. The summed E-state index contributed by atoms with van der Waals surface area (Å²) in [4.78, 5) is 22.2. The van der Waals surface area contributed by atoms with E-state index in [1.807, 2.05) is 0 Å². The van der Waals surface area contributed by atoms with E-state index in [0.29, 0.717) is 6.42 Å². The molecule has 0 aliphatic carbocycles. The molecule has 0 saturated carbocycles. The van der Waals surface area contributed by atoms with Crippen molar-refractivity contribution in [2.75, 3.05) is 0 Å². The smallest absolute Gasteiger partial charge is 0.377 e. The van der Waals surface area contributed by atoms with E-state index >= 15 is 0 Å². The van der Waals surface area contributed by atoms with Crippen LogP contribution in [0.15, 0.2) is 12.2 Å². The molecule has 0 amide bonds. The molecule has 1 unspecified atom stereocenters. The van der Waals surface area contributed by atoms with Gasteiger partial charge in [0.25, 0.3) is 5.78 Å². The molecule has 1 aliphatic heterocycles. The second kappa shape index (κ2) is 15.0. The molecule has 1 rings (SSSR count). The van der Waals surface area contributed by atoms with Gasteiger partial charge in [-0.1, -0.05) is 89.7 Å². The number of cyclic esters (lactones) is 1. The number of carbonyl (C=O) groups is 2. The van der Waals surface area contributed by atoms with Gasteiger partial charge in [0.2, 0.25) is 0 Å². The van der Waals surface area contributed by atoms with Gasteiger partial charge in [-0.2, -0.15) is 0 Å². The second-order valence-electron chi connectivity index (χ2n) is 7.48. The molecule has 4 nitrogen and oxygen atoms in total. The molecule has 0 bridgehead atoms. The lowest BCUT2D eigenvalue weighted by molar-refractivity contribution is -0.149. The highest BCUT2D eigenvalue weighted by atomic mass is 16.6. The molecular weight excluding hydrogens is 328 g/mol. The third kappa shape index (κ3) is 10.1. The monoisotopic (exact) mass is 366 g/mol. The summed E-state index contributed by atoms with van der Waals surface area (Å²) in [6.45, 7) is 2.26. The van der Waals surface area contributed by atoms with Crippen molar-refractivity contribution in [2.24, 2.45) is 0 Å². The van der Waals surface area contributed by atoms with Crippen LogP contribution in [0.25, 0.3) is 0 Å². The van der Waals surface area contributed by atoms with E-state index in [-0.39, 0.29) is 0 Å². The first kappa shape index (κ1) is 22.9. The van der Waals surface area contributed by atoms with Gasteiger partial charge in [-0.3, -0.25) is 4.79 Å². The van der Waals surface area contributed by atoms with Gasteiger partial charge in [0.05, 0.1) is 0 Å². The Morgan fingerprint density at radius 2 is 1.31 bits per heavy atom. The molecule has 1 saturated heterocycles. The summed E-state index contributed by atoms with van der Waals surface area (Å²) in [5.41, 5.74) is 0. The molecule has 0 spiro atoms. The van der Waals surface area contributed by atoms with Gasteiger partial charge >= 0.3 is 5.97 Å². The average molecular weight is 367 g/mol. The van der Waals surface area contributed by atoms with Crippen LogP contribution in [0.3, 0.4) is 0 Å². The minimum absolute atomic E-state index is 0.508. The van der Waals surface area contributed by atoms with E-state index in [1.54, 1.807) is 0 Å².